The Morgan fingerprint density at radius 2 is 1.78 bits per heavy atom. The molecular weight excluding hydrogens is 338 g/mol. The van der Waals surface area contributed by atoms with Gasteiger partial charge in [-0.2, -0.15) is 0 Å². The van der Waals surface area contributed by atoms with Crippen LogP contribution in [0.15, 0.2) is 36.7 Å². The summed E-state index contributed by atoms with van der Waals surface area (Å²) in [6.45, 7) is 10.1. The zero-order chi connectivity index (χ0) is 19.2. The van der Waals surface area contributed by atoms with Crippen LogP contribution in [0.2, 0.25) is 0 Å². The number of hydrogen-bond acceptors (Lipinski definition) is 5. The minimum atomic E-state index is -0.0236. The summed E-state index contributed by atoms with van der Waals surface area (Å²) in [4.78, 5) is 25.4. The van der Waals surface area contributed by atoms with Crippen LogP contribution >= 0.6 is 0 Å². The van der Waals surface area contributed by atoms with Crippen LogP contribution in [0.1, 0.15) is 44.1 Å². The first-order chi connectivity index (χ1) is 13.1. The third kappa shape index (κ3) is 4.76. The maximum Gasteiger partial charge on any atom is 0.274 e. The molecule has 0 spiro atoms. The lowest BCUT2D eigenvalue weighted by molar-refractivity contribution is 0.0691. The van der Waals surface area contributed by atoms with E-state index in [-0.39, 0.29) is 5.91 Å². The van der Waals surface area contributed by atoms with Gasteiger partial charge in [0.2, 0.25) is 0 Å². The number of carbonyl (C=O) groups is 1. The van der Waals surface area contributed by atoms with Crippen LogP contribution < -0.4 is 10.2 Å². The third-order valence-corrected chi connectivity index (χ3v) is 5.21. The zero-order valence-electron chi connectivity index (χ0n) is 16.5. The summed E-state index contributed by atoms with van der Waals surface area (Å²) in [5.41, 5.74) is 2.56. The molecule has 2 aromatic rings. The van der Waals surface area contributed by atoms with Gasteiger partial charge in [0.25, 0.3) is 5.91 Å². The van der Waals surface area contributed by atoms with Gasteiger partial charge in [-0.15, -0.1) is 0 Å². The second-order valence-corrected chi connectivity index (χ2v) is 7.11. The fourth-order valence-electron chi connectivity index (χ4n) is 3.37. The summed E-state index contributed by atoms with van der Waals surface area (Å²) in [6, 6.07) is 8.25. The Kier molecular flexibility index (Phi) is 6.27. The van der Waals surface area contributed by atoms with Crippen LogP contribution in [-0.2, 0) is 0 Å². The van der Waals surface area contributed by atoms with Gasteiger partial charge in [0.05, 0.1) is 12.4 Å². The fourth-order valence-corrected chi connectivity index (χ4v) is 3.37. The van der Waals surface area contributed by atoms with Crippen LogP contribution in [-0.4, -0.2) is 47.0 Å². The lowest BCUT2D eigenvalue weighted by Crippen LogP contribution is -2.38. The molecular formula is C21H29N5O. The highest BCUT2D eigenvalue weighted by Gasteiger charge is 2.22. The van der Waals surface area contributed by atoms with Crippen molar-refractivity contribution in [2.45, 2.75) is 33.6 Å². The fraction of sp³-hybridized carbons (Fsp3) is 0.476. The number of benzene rings is 1. The van der Waals surface area contributed by atoms with Gasteiger partial charge in [-0.05, 0) is 56.9 Å². The van der Waals surface area contributed by atoms with E-state index in [9.17, 15) is 4.79 Å². The van der Waals surface area contributed by atoms with Gasteiger partial charge in [-0.1, -0.05) is 6.92 Å². The number of rotatable bonds is 6. The first-order valence-corrected chi connectivity index (χ1v) is 9.84. The predicted octanol–water partition coefficient (Wildman–Crippen LogP) is 3.94. The molecule has 6 heteroatoms. The SMILES string of the molecule is CCN(CC)c1ccc(Nc2cnc(C(=O)N3CCC(C)CC3)cn2)cc1. The molecule has 6 nitrogen and oxygen atoms in total. The molecule has 2 heterocycles. The smallest absolute Gasteiger partial charge is 0.274 e. The van der Waals surface area contributed by atoms with E-state index in [1.54, 1.807) is 12.4 Å². The van der Waals surface area contributed by atoms with Gasteiger partial charge < -0.3 is 15.1 Å². The normalized spacial score (nSPS) is 14.9. The molecule has 1 aromatic heterocycles. The number of amides is 1. The van der Waals surface area contributed by atoms with Gasteiger partial charge in [-0.25, -0.2) is 9.97 Å². The van der Waals surface area contributed by atoms with Gasteiger partial charge >= 0.3 is 0 Å². The molecule has 3 rings (SSSR count). The predicted molar refractivity (Wildman–Crippen MR) is 110 cm³/mol. The van der Waals surface area contributed by atoms with Gasteiger partial charge in [-0.3, -0.25) is 4.79 Å². The number of likely N-dealkylation sites (tertiary alicyclic amines) is 1. The topological polar surface area (TPSA) is 61.4 Å². The van der Waals surface area contributed by atoms with Crippen molar-refractivity contribution in [3.8, 4) is 0 Å². The Morgan fingerprint density at radius 3 is 2.33 bits per heavy atom. The summed E-state index contributed by atoms with van der Waals surface area (Å²) in [7, 11) is 0. The lowest BCUT2D eigenvalue weighted by atomic mass is 9.99. The summed E-state index contributed by atoms with van der Waals surface area (Å²) >= 11 is 0. The van der Waals surface area contributed by atoms with Crippen LogP contribution in [0.5, 0.6) is 0 Å². The molecule has 1 aliphatic heterocycles. The maximum atomic E-state index is 12.5. The summed E-state index contributed by atoms with van der Waals surface area (Å²) < 4.78 is 0. The van der Waals surface area contributed by atoms with Crippen molar-refractivity contribution in [2.24, 2.45) is 5.92 Å². The van der Waals surface area contributed by atoms with E-state index in [0.29, 0.717) is 17.4 Å². The van der Waals surface area contributed by atoms with Crippen molar-refractivity contribution in [3.63, 3.8) is 0 Å². The van der Waals surface area contributed by atoms with Crippen LogP contribution in [0, 0.1) is 5.92 Å². The molecule has 0 radical (unpaired) electrons. The average Bonchev–Trinajstić information content (AvgIpc) is 2.71. The Balaban J connectivity index is 1.61. The second kappa shape index (κ2) is 8.84. The van der Waals surface area contributed by atoms with Crippen molar-refractivity contribution >= 4 is 23.1 Å². The quantitative estimate of drug-likeness (QED) is 0.838. The van der Waals surface area contributed by atoms with Crippen molar-refractivity contribution in [3.05, 3.63) is 42.4 Å². The molecule has 0 atom stereocenters. The number of anilines is 3. The molecule has 0 saturated carbocycles. The van der Waals surface area contributed by atoms with E-state index in [1.807, 2.05) is 17.0 Å². The van der Waals surface area contributed by atoms with Gasteiger partial charge in [0.1, 0.15) is 11.5 Å². The van der Waals surface area contributed by atoms with E-state index in [1.165, 1.54) is 5.69 Å². The van der Waals surface area contributed by atoms with Crippen molar-refractivity contribution in [1.29, 1.82) is 0 Å². The third-order valence-electron chi connectivity index (χ3n) is 5.21. The molecule has 1 fully saturated rings. The molecule has 144 valence electrons. The zero-order valence-corrected chi connectivity index (χ0v) is 16.5. The molecule has 0 aliphatic carbocycles. The Bertz CT molecular complexity index is 732. The number of nitrogens with zero attached hydrogens (tertiary/aromatic N) is 4. The molecule has 0 unspecified atom stereocenters. The first-order valence-electron chi connectivity index (χ1n) is 9.84. The number of carbonyl (C=O) groups excluding carboxylic acids is 1. The Hall–Kier alpha value is -2.63. The highest BCUT2D eigenvalue weighted by molar-refractivity contribution is 5.92. The second-order valence-electron chi connectivity index (χ2n) is 7.11. The molecule has 27 heavy (non-hydrogen) atoms. The van der Waals surface area contributed by atoms with Gasteiger partial charge in [0.15, 0.2) is 0 Å². The number of piperidine rings is 1. The Labute approximate surface area is 161 Å². The van der Waals surface area contributed by atoms with Crippen LogP contribution in [0.4, 0.5) is 17.2 Å². The molecule has 0 bridgehead atoms. The van der Waals surface area contributed by atoms with E-state index in [0.717, 1.165) is 44.7 Å². The molecule has 1 amide bonds. The molecule has 1 N–H and O–H groups in total. The number of hydrogen-bond donors (Lipinski definition) is 1. The van der Waals surface area contributed by atoms with E-state index in [2.05, 4.69) is 53.1 Å². The standard InChI is InChI=1S/C21H29N5O/c1-4-25(5-2)18-8-6-17(7-9-18)24-20-15-22-19(14-23-20)21(27)26-12-10-16(3)11-13-26/h6-9,14-16H,4-5,10-13H2,1-3H3,(H,23,24). The minimum Gasteiger partial charge on any atom is -0.372 e. The average molecular weight is 367 g/mol. The van der Waals surface area contributed by atoms with E-state index >= 15 is 0 Å². The first kappa shape index (κ1) is 19.1. The van der Waals surface area contributed by atoms with E-state index < -0.39 is 0 Å². The van der Waals surface area contributed by atoms with Gasteiger partial charge in [0, 0.05) is 37.6 Å². The van der Waals surface area contributed by atoms with Crippen molar-refractivity contribution in [2.75, 3.05) is 36.4 Å². The summed E-state index contributed by atoms with van der Waals surface area (Å²) in [5.74, 6) is 1.30. The monoisotopic (exact) mass is 367 g/mol. The summed E-state index contributed by atoms with van der Waals surface area (Å²) in [5, 5.41) is 3.24. The Morgan fingerprint density at radius 1 is 1.11 bits per heavy atom. The molecule has 1 saturated heterocycles. The largest absolute Gasteiger partial charge is 0.372 e. The van der Waals surface area contributed by atoms with Crippen molar-refractivity contribution < 1.29 is 4.79 Å². The molecule has 1 aromatic carbocycles. The number of nitrogens with one attached hydrogen (secondary N) is 1. The van der Waals surface area contributed by atoms with Crippen LogP contribution in [0.25, 0.3) is 0 Å². The number of aromatic nitrogens is 2. The minimum absolute atomic E-state index is 0.0236. The van der Waals surface area contributed by atoms with Crippen LogP contribution in [0.3, 0.4) is 0 Å². The highest BCUT2D eigenvalue weighted by Crippen LogP contribution is 2.21. The lowest BCUT2D eigenvalue weighted by Gasteiger charge is -2.29. The van der Waals surface area contributed by atoms with Crippen molar-refractivity contribution in [1.82, 2.24) is 14.9 Å². The maximum absolute atomic E-state index is 12.5. The molecule has 1 aliphatic rings. The summed E-state index contributed by atoms with van der Waals surface area (Å²) in [6.07, 6.45) is 5.30. The van der Waals surface area contributed by atoms with E-state index in [4.69, 9.17) is 0 Å². The highest BCUT2D eigenvalue weighted by atomic mass is 16.2.